The van der Waals surface area contributed by atoms with Crippen LogP contribution in [-0.4, -0.2) is 26.5 Å². The molecule has 3 rings (SSSR count). The van der Waals surface area contributed by atoms with Gasteiger partial charge < -0.3 is 10.6 Å². The lowest BCUT2D eigenvalue weighted by Gasteiger charge is -2.11. The first-order valence-corrected chi connectivity index (χ1v) is 7.37. The molecule has 2 N–H and O–H groups in total. The van der Waals surface area contributed by atoms with Crippen molar-refractivity contribution in [1.82, 2.24) is 19.9 Å². The quantitative estimate of drug-likeness (QED) is 0.752. The van der Waals surface area contributed by atoms with Crippen molar-refractivity contribution >= 4 is 28.6 Å². The third-order valence-electron chi connectivity index (χ3n) is 3.11. The highest BCUT2D eigenvalue weighted by Gasteiger charge is 2.10. The number of halogens is 1. The van der Waals surface area contributed by atoms with Crippen LogP contribution in [0.2, 0.25) is 0 Å². The molecular formula is C16H17FN6. The third kappa shape index (κ3) is 3.68. The first kappa shape index (κ1) is 15.1. The van der Waals surface area contributed by atoms with Crippen molar-refractivity contribution in [2.45, 2.75) is 13.8 Å². The molecule has 2 aromatic heterocycles. The highest BCUT2D eigenvalue weighted by atomic mass is 19.1. The van der Waals surface area contributed by atoms with Crippen molar-refractivity contribution in [2.24, 2.45) is 5.92 Å². The van der Waals surface area contributed by atoms with Gasteiger partial charge in [0.2, 0.25) is 5.95 Å². The fraction of sp³-hybridized carbons (Fsp3) is 0.250. The van der Waals surface area contributed by atoms with Crippen LogP contribution >= 0.6 is 0 Å². The Morgan fingerprint density at radius 2 is 1.78 bits per heavy atom. The van der Waals surface area contributed by atoms with Crippen LogP contribution in [0, 0.1) is 11.7 Å². The van der Waals surface area contributed by atoms with Gasteiger partial charge in [0.1, 0.15) is 5.82 Å². The van der Waals surface area contributed by atoms with Crippen molar-refractivity contribution in [3.63, 3.8) is 0 Å². The van der Waals surface area contributed by atoms with E-state index in [1.54, 1.807) is 24.5 Å². The Balaban J connectivity index is 1.97. The maximum Gasteiger partial charge on any atom is 0.226 e. The third-order valence-corrected chi connectivity index (χ3v) is 3.11. The second kappa shape index (κ2) is 6.51. The second-order valence-electron chi connectivity index (χ2n) is 5.53. The molecule has 0 bridgehead atoms. The van der Waals surface area contributed by atoms with E-state index in [0.29, 0.717) is 34.5 Å². The average molecular weight is 312 g/mol. The first-order valence-electron chi connectivity index (χ1n) is 7.37. The molecule has 0 aliphatic heterocycles. The number of rotatable bonds is 5. The SMILES string of the molecule is CC(C)CNc1nc(Nc2ccc(F)cc2)c2nccnc2n1. The number of nitrogens with zero attached hydrogens (tertiary/aromatic N) is 4. The van der Waals surface area contributed by atoms with Crippen LogP contribution in [0.25, 0.3) is 11.2 Å². The van der Waals surface area contributed by atoms with Gasteiger partial charge in [0.05, 0.1) is 0 Å². The lowest BCUT2D eigenvalue weighted by atomic mass is 10.2. The van der Waals surface area contributed by atoms with Crippen LogP contribution in [0.1, 0.15) is 13.8 Å². The summed E-state index contributed by atoms with van der Waals surface area (Å²) in [4.78, 5) is 17.3. The molecule has 2 heterocycles. The molecule has 1 aromatic carbocycles. The summed E-state index contributed by atoms with van der Waals surface area (Å²) in [5.74, 6) is 1.18. The van der Waals surface area contributed by atoms with E-state index >= 15 is 0 Å². The van der Waals surface area contributed by atoms with E-state index in [-0.39, 0.29) is 5.82 Å². The summed E-state index contributed by atoms with van der Waals surface area (Å²) in [6.45, 7) is 4.96. The fourth-order valence-corrected chi connectivity index (χ4v) is 2.00. The number of fused-ring (bicyclic) bond motifs is 1. The number of nitrogens with one attached hydrogen (secondary N) is 2. The number of benzene rings is 1. The van der Waals surface area contributed by atoms with E-state index < -0.39 is 0 Å². The van der Waals surface area contributed by atoms with Crippen LogP contribution in [0.4, 0.5) is 21.8 Å². The highest BCUT2D eigenvalue weighted by Crippen LogP contribution is 2.22. The molecule has 7 heteroatoms. The van der Waals surface area contributed by atoms with Gasteiger partial charge in [-0.2, -0.15) is 9.97 Å². The summed E-state index contributed by atoms with van der Waals surface area (Å²) in [6.07, 6.45) is 3.17. The maximum atomic E-state index is 13.0. The first-order chi connectivity index (χ1) is 11.1. The Bertz CT molecular complexity index is 803. The summed E-state index contributed by atoms with van der Waals surface area (Å²) in [5.41, 5.74) is 1.78. The predicted molar refractivity (Wildman–Crippen MR) is 88.1 cm³/mol. The fourth-order valence-electron chi connectivity index (χ4n) is 2.00. The minimum atomic E-state index is -0.290. The van der Waals surface area contributed by atoms with Gasteiger partial charge in [0.25, 0.3) is 0 Å². The van der Waals surface area contributed by atoms with Gasteiger partial charge in [0, 0.05) is 24.6 Å². The standard InChI is InChI=1S/C16H17FN6/c1-10(2)9-20-16-22-14-13(18-7-8-19-14)15(23-16)21-12-5-3-11(17)4-6-12/h3-8,10H,9H2,1-2H3,(H2,19,20,21,22,23). The van der Waals surface area contributed by atoms with Gasteiger partial charge in [0.15, 0.2) is 17.0 Å². The summed E-state index contributed by atoms with van der Waals surface area (Å²) >= 11 is 0. The smallest absolute Gasteiger partial charge is 0.226 e. The van der Waals surface area contributed by atoms with Gasteiger partial charge in [-0.15, -0.1) is 0 Å². The lowest BCUT2D eigenvalue weighted by molar-refractivity contribution is 0.628. The minimum Gasteiger partial charge on any atom is -0.354 e. The van der Waals surface area contributed by atoms with E-state index in [9.17, 15) is 4.39 Å². The van der Waals surface area contributed by atoms with Gasteiger partial charge in [-0.1, -0.05) is 13.8 Å². The van der Waals surface area contributed by atoms with Gasteiger partial charge in [-0.3, -0.25) is 0 Å². The van der Waals surface area contributed by atoms with Crippen molar-refractivity contribution in [1.29, 1.82) is 0 Å². The average Bonchev–Trinajstić information content (AvgIpc) is 2.55. The molecular weight excluding hydrogens is 295 g/mol. The van der Waals surface area contributed by atoms with Crippen LogP contribution in [0.5, 0.6) is 0 Å². The summed E-state index contributed by atoms with van der Waals surface area (Å²) in [7, 11) is 0. The number of anilines is 3. The van der Waals surface area contributed by atoms with Gasteiger partial charge in [-0.25, -0.2) is 14.4 Å². The monoisotopic (exact) mass is 312 g/mol. The zero-order valence-corrected chi connectivity index (χ0v) is 12.9. The zero-order valence-electron chi connectivity index (χ0n) is 12.9. The highest BCUT2D eigenvalue weighted by molar-refractivity contribution is 5.85. The Hall–Kier alpha value is -2.83. The van der Waals surface area contributed by atoms with E-state index in [0.717, 1.165) is 6.54 Å². The molecule has 0 saturated heterocycles. The number of hydrogen-bond acceptors (Lipinski definition) is 6. The Labute approximate surface area is 133 Å². The summed E-state index contributed by atoms with van der Waals surface area (Å²) in [5, 5.41) is 6.32. The molecule has 0 fully saturated rings. The molecule has 23 heavy (non-hydrogen) atoms. The van der Waals surface area contributed by atoms with E-state index in [1.807, 2.05) is 0 Å². The predicted octanol–water partition coefficient (Wildman–Crippen LogP) is 3.37. The van der Waals surface area contributed by atoms with Crippen molar-refractivity contribution in [3.05, 3.63) is 42.5 Å². The van der Waals surface area contributed by atoms with Crippen molar-refractivity contribution < 1.29 is 4.39 Å². The van der Waals surface area contributed by atoms with Crippen molar-refractivity contribution in [2.75, 3.05) is 17.2 Å². The zero-order chi connectivity index (χ0) is 16.2. The van der Waals surface area contributed by atoms with Crippen molar-refractivity contribution in [3.8, 4) is 0 Å². The number of hydrogen-bond donors (Lipinski definition) is 2. The molecule has 3 aromatic rings. The molecule has 0 atom stereocenters. The topological polar surface area (TPSA) is 75.6 Å². The van der Waals surface area contributed by atoms with Gasteiger partial charge in [-0.05, 0) is 30.2 Å². The Morgan fingerprint density at radius 1 is 1.04 bits per heavy atom. The normalized spacial score (nSPS) is 11.0. The van der Waals surface area contributed by atoms with Crippen LogP contribution < -0.4 is 10.6 Å². The van der Waals surface area contributed by atoms with E-state index in [2.05, 4.69) is 44.4 Å². The Morgan fingerprint density at radius 3 is 2.52 bits per heavy atom. The lowest BCUT2D eigenvalue weighted by Crippen LogP contribution is -2.12. The summed E-state index contributed by atoms with van der Waals surface area (Å²) < 4.78 is 13.0. The molecule has 0 unspecified atom stereocenters. The Kier molecular flexibility index (Phi) is 4.27. The molecule has 6 nitrogen and oxygen atoms in total. The molecule has 0 aliphatic carbocycles. The molecule has 0 spiro atoms. The van der Waals surface area contributed by atoms with Gasteiger partial charge >= 0.3 is 0 Å². The van der Waals surface area contributed by atoms with E-state index in [1.165, 1.54) is 12.1 Å². The molecule has 0 saturated carbocycles. The number of aromatic nitrogens is 4. The molecule has 0 amide bonds. The second-order valence-corrected chi connectivity index (χ2v) is 5.53. The van der Waals surface area contributed by atoms with Crippen LogP contribution in [0.3, 0.4) is 0 Å². The van der Waals surface area contributed by atoms with E-state index in [4.69, 9.17) is 0 Å². The molecule has 0 radical (unpaired) electrons. The molecule has 0 aliphatic rings. The van der Waals surface area contributed by atoms with Crippen LogP contribution in [-0.2, 0) is 0 Å². The minimum absolute atomic E-state index is 0.290. The molecule has 118 valence electrons. The largest absolute Gasteiger partial charge is 0.354 e. The van der Waals surface area contributed by atoms with Crippen LogP contribution in [0.15, 0.2) is 36.7 Å². The summed E-state index contributed by atoms with van der Waals surface area (Å²) in [6, 6.07) is 6.05. The maximum absolute atomic E-state index is 13.0.